The van der Waals surface area contributed by atoms with Crippen molar-refractivity contribution in [1.82, 2.24) is 0 Å². The van der Waals surface area contributed by atoms with Crippen molar-refractivity contribution in [2.75, 3.05) is 6.61 Å². The van der Waals surface area contributed by atoms with Crippen molar-refractivity contribution in [3.05, 3.63) is 140 Å². The third-order valence-electron chi connectivity index (χ3n) is 8.27. The lowest BCUT2D eigenvalue weighted by Crippen LogP contribution is -2.59. The Kier molecular flexibility index (Phi) is 8.79. The zero-order valence-corrected chi connectivity index (χ0v) is 26.1. The highest BCUT2D eigenvalue weighted by Crippen LogP contribution is 2.64. The van der Waals surface area contributed by atoms with E-state index in [1.165, 1.54) is 0 Å². The Morgan fingerprint density at radius 3 is 2.02 bits per heavy atom. The summed E-state index contributed by atoms with van der Waals surface area (Å²) in [7, 11) is 0. The van der Waals surface area contributed by atoms with Gasteiger partial charge >= 0.3 is 5.97 Å². The summed E-state index contributed by atoms with van der Waals surface area (Å²) in [6, 6.07) is 34.9. The van der Waals surface area contributed by atoms with Crippen molar-refractivity contribution in [2.45, 2.75) is 30.8 Å². The van der Waals surface area contributed by atoms with Crippen LogP contribution in [0.2, 0.25) is 0 Å². The smallest absolute Gasteiger partial charge is 0.327 e. The van der Waals surface area contributed by atoms with Crippen LogP contribution in [0.1, 0.15) is 52.2 Å². The summed E-state index contributed by atoms with van der Waals surface area (Å²) >= 11 is 7.09. The molecule has 0 spiro atoms. The highest BCUT2D eigenvalue weighted by Gasteiger charge is 2.67. The minimum Gasteiger partial charge on any atom is -0.465 e. The molecule has 1 saturated carbocycles. The summed E-state index contributed by atoms with van der Waals surface area (Å²) in [5.74, 6) is -4.18. The number of benzene rings is 4. The highest BCUT2D eigenvalue weighted by atomic mass is 79.9. The second-order valence-electron chi connectivity index (χ2n) is 10.5. The molecule has 212 valence electrons. The molecule has 0 saturated heterocycles. The molecular weight excluding hydrogens is 658 g/mol. The van der Waals surface area contributed by atoms with Crippen LogP contribution in [0.5, 0.6) is 0 Å². The second kappa shape index (κ2) is 12.3. The summed E-state index contributed by atoms with van der Waals surface area (Å²) in [4.78, 5) is 29.0. The van der Waals surface area contributed by atoms with Crippen molar-refractivity contribution in [3.63, 3.8) is 0 Å². The molecule has 0 heterocycles. The van der Waals surface area contributed by atoms with Crippen LogP contribution in [-0.4, -0.2) is 23.5 Å². The molecule has 42 heavy (non-hydrogen) atoms. The Morgan fingerprint density at radius 2 is 1.45 bits per heavy atom. The lowest BCUT2D eigenvalue weighted by Gasteiger charge is -2.54. The van der Waals surface area contributed by atoms with Gasteiger partial charge in [-0.15, -0.1) is 0 Å². The average molecular weight is 687 g/mol. The first kappa shape index (κ1) is 29.9. The van der Waals surface area contributed by atoms with Gasteiger partial charge in [-0.3, -0.25) is 9.59 Å². The van der Waals surface area contributed by atoms with Gasteiger partial charge in [-0.05, 0) is 54.3 Å². The first-order valence-electron chi connectivity index (χ1n) is 13.7. The van der Waals surface area contributed by atoms with Crippen LogP contribution in [0.3, 0.4) is 0 Å². The van der Waals surface area contributed by atoms with E-state index in [9.17, 15) is 20.0 Å². The molecule has 0 aliphatic heterocycles. The Labute approximate surface area is 262 Å². The number of carbonyl (C=O) groups is 2. The van der Waals surface area contributed by atoms with Gasteiger partial charge in [0.25, 0.3) is 0 Å². The summed E-state index contributed by atoms with van der Waals surface area (Å²) in [6.45, 7) is 1.75. The third kappa shape index (κ3) is 5.24. The van der Waals surface area contributed by atoms with Crippen LogP contribution >= 0.6 is 31.9 Å². The Hall–Kier alpha value is -3.57. The van der Waals surface area contributed by atoms with Crippen LogP contribution in [0.4, 0.5) is 0 Å². The number of halogens is 2. The molecule has 0 unspecified atom stereocenters. The predicted molar refractivity (Wildman–Crippen MR) is 168 cm³/mol. The number of rotatable bonds is 7. The van der Waals surface area contributed by atoms with E-state index < -0.39 is 34.7 Å². The monoisotopic (exact) mass is 685 g/mol. The molecule has 0 radical (unpaired) electrons. The maximum atomic E-state index is 14.7. The average Bonchev–Trinajstić information content (AvgIpc) is 3.01. The van der Waals surface area contributed by atoms with Gasteiger partial charge in [-0.2, -0.15) is 5.26 Å². The van der Waals surface area contributed by atoms with Crippen LogP contribution < -0.4 is 0 Å². The number of esters is 1. The van der Waals surface area contributed by atoms with Crippen molar-refractivity contribution in [2.24, 2.45) is 11.3 Å². The lowest BCUT2D eigenvalue weighted by atomic mass is 9.47. The van der Waals surface area contributed by atoms with E-state index in [1.54, 1.807) is 55.5 Å². The molecule has 0 bridgehead atoms. The maximum absolute atomic E-state index is 14.7. The largest absolute Gasteiger partial charge is 0.465 e. The number of ether oxygens (including phenoxy) is 1. The van der Waals surface area contributed by atoms with Crippen molar-refractivity contribution in [1.29, 1.82) is 5.26 Å². The summed E-state index contributed by atoms with van der Waals surface area (Å²) < 4.78 is 7.15. The molecule has 1 aliphatic carbocycles. The highest BCUT2D eigenvalue weighted by molar-refractivity contribution is 9.10. The fourth-order valence-electron chi connectivity index (χ4n) is 6.50. The summed E-state index contributed by atoms with van der Waals surface area (Å²) in [5.41, 5.74) is -1.43. The molecule has 1 fully saturated rings. The zero-order valence-electron chi connectivity index (χ0n) is 22.9. The van der Waals surface area contributed by atoms with Crippen molar-refractivity contribution >= 4 is 43.6 Å². The van der Waals surface area contributed by atoms with Gasteiger partial charge in [0.1, 0.15) is 5.60 Å². The van der Waals surface area contributed by atoms with Crippen LogP contribution in [0.15, 0.2) is 118 Å². The fourth-order valence-corrected chi connectivity index (χ4v) is 7.34. The fraction of sp³-hybridized carbons (Fsp3) is 0.229. The third-order valence-corrected chi connectivity index (χ3v) is 9.26. The SMILES string of the molecule is CCOC(=O)[C@@]1(C#N)[C@H](c2cccc(Br)c2)[C@H](C(=O)c2ccccc2)[C@@](O)(c2ccccc2)C[C@H]1c1cccc(Br)c1. The number of hydrogen-bond acceptors (Lipinski definition) is 5. The molecular formula is C35H29Br2NO4. The Morgan fingerprint density at radius 1 is 0.881 bits per heavy atom. The van der Waals surface area contributed by atoms with Crippen LogP contribution in [0.25, 0.3) is 0 Å². The van der Waals surface area contributed by atoms with E-state index in [2.05, 4.69) is 37.9 Å². The van der Waals surface area contributed by atoms with E-state index in [0.717, 1.165) is 8.95 Å². The number of aliphatic hydroxyl groups is 1. The van der Waals surface area contributed by atoms with Gasteiger partial charge in [0.2, 0.25) is 0 Å². The minimum absolute atomic E-state index is 0.0545. The van der Waals surface area contributed by atoms with Crippen molar-refractivity contribution < 1.29 is 19.4 Å². The first-order valence-corrected chi connectivity index (χ1v) is 15.3. The summed E-state index contributed by atoms with van der Waals surface area (Å²) in [6.07, 6.45) is -0.0619. The summed E-state index contributed by atoms with van der Waals surface area (Å²) in [5, 5.41) is 24.2. The molecule has 1 N–H and O–H groups in total. The maximum Gasteiger partial charge on any atom is 0.327 e. The topological polar surface area (TPSA) is 87.4 Å². The van der Waals surface area contributed by atoms with E-state index in [1.807, 2.05) is 60.7 Å². The van der Waals surface area contributed by atoms with Gasteiger partial charge in [-0.25, -0.2) is 0 Å². The molecule has 7 heteroatoms. The number of Topliss-reactive ketones (excluding diaryl/α,β-unsaturated/α-hetero) is 1. The quantitative estimate of drug-likeness (QED) is 0.158. The number of hydrogen-bond donors (Lipinski definition) is 1. The minimum atomic E-state index is -1.85. The van der Waals surface area contributed by atoms with Gasteiger partial charge in [0.15, 0.2) is 11.2 Å². The molecule has 5 atom stereocenters. The number of nitriles is 1. The molecule has 0 aromatic heterocycles. The number of nitrogens with zero attached hydrogens (tertiary/aromatic N) is 1. The number of ketones is 1. The van der Waals surface area contributed by atoms with E-state index in [4.69, 9.17) is 4.74 Å². The normalized spacial score (nSPS) is 25.3. The second-order valence-corrected chi connectivity index (χ2v) is 12.4. The predicted octanol–water partition coefficient (Wildman–Crippen LogP) is 7.94. The van der Waals surface area contributed by atoms with Gasteiger partial charge in [0.05, 0.1) is 18.6 Å². The van der Waals surface area contributed by atoms with Crippen LogP contribution in [-0.2, 0) is 15.1 Å². The molecule has 1 aliphatic rings. The van der Waals surface area contributed by atoms with Crippen molar-refractivity contribution in [3.8, 4) is 6.07 Å². The molecule has 4 aromatic carbocycles. The molecule has 0 amide bonds. The van der Waals surface area contributed by atoms with E-state index in [0.29, 0.717) is 22.3 Å². The van der Waals surface area contributed by atoms with E-state index in [-0.39, 0.29) is 18.8 Å². The Bertz CT molecular complexity index is 1640. The molecule has 5 nitrogen and oxygen atoms in total. The molecule has 5 rings (SSSR count). The zero-order chi connectivity index (χ0) is 29.9. The standard InChI is InChI=1S/C35H29Br2NO4/c1-2-42-33(40)34(22-38)29(24-13-9-17-27(36)19-24)21-35(41,26-15-7-4-8-16-26)31(32(39)23-11-5-3-6-12-23)30(34)25-14-10-18-28(37)20-25/h3-20,29-31,41H,2,21H2,1H3/t29-,30+,31+,34+,35-/m0/s1. The van der Waals surface area contributed by atoms with Crippen LogP contribution in [0, 0.1) is 22.7 Å². The van der Waals surface area contributed by atoms with E-state index >= 15 is 0 Å². The van der Waals surface area contributed by atoms with Gasteiger partial charge in [0, 0.05) is 26.3 Å². The first-order chi connectivity index (χ1) is 20.3. The number of carbonyl (C=O) groups excluding carboxylic acids is 2. The van der Waals surface area contributed by atoms with Gasteiger partial charge < -0.3 is 9.84 Å². The lowest BCUT2D eigenvalue weighted by molar-refractivity contribution is -0.164. The van der Waals surface area contributed by atoms with Gasteiger partial charge in [-0.1, -0.05) is 117 Å². The Balaban J connectivity index is 1.91. The molecule has 4 aromatic rings.